The lowest BCUT2D eigenvalue weighted by Crippen LogP contribution is -2.52. The molecule has 0 fully saturated rings. The second kappa shape index (κ2) is 6.88. The van der Waals surface area contributed by atoms with Crippen molar-refractivity contribution in [1.82, 2.24) is 4.98 Å². The van der Waals surface area contributed by atoms with E-state index in [1.54, 1.807) is 6.07 Å². The summed E-state index contributed by atoms with van der Waals surface area (Å²) < 4.78 is 34.6. The van der Waals surface area contributed by atoms with Crippen molar-refractivity contribution >= 4 is 23.4 Å². The van der Waals surface area contributed by atoms with Gasteiger partial charge in [0.1, 0.15) is 23.7 Å². The molecule has 2 atom stereocenters. The number of rotatable bonds is 4. The largest absolute Gasteiger partial charge is 0.462 e. The summed E-state index contributed by atoms with van der Waals surface area (Å²) in [4.78, 5) is 20.4. The van der Waals surface area contributed by atoms with Gasteiger partial charge in [0.2, 0.25) is 0 Å². The van der Waals surface area contributed by atoms with Gasteiger partial charge in [0.05, 0.1) is 5.02 Å². The number of carbonyl (C=O) groups excluding carboxylic acids is 1. The van der Waals surface area contributed by atoms with Gasteiger partial charge in [0.15, 0.2) is 11.5 Å². The number of hydrogen-bond acceptors (Lipinski definition) is 5. The first-order valence-corrected chi connectivity index (χ1v) is 8.61. The fourth-order valence-corrected chi connectivity index (χ4v) is 3.04. The number of halogens is 3. The highest BCUT2D eigenvalue weighted by atomic mass is 35.5. The molecule has 8 heteroatoms. The van der Waals surface area contributed by atoms with Crippen LogP contribution in [-0.4, -0.2) is 29.1 Å². The van der Waals surface area contributed by atoms with Crippen LogP contribution in [0.3, 0.4) is 0 Å². The number of aliphatic imine (C=N–C) groups is 1. The molecule has 0 radical (unpaired) electrons. The summed E-state index contributed by atoms with van der Waals surface area (Å²) in [6, 6.07) is 6.96. The second-order valence-corrected chi connectivity index (χ2v) is 7.22. The molecule has 0 saturated carbocycles. The van der Waals surface area contributed by atoms with Crippen LogP contribution in [-0.2, 0) is 16.7 Å². The number of aromatic nitrogens is 1. The number of alkyl halides is 1. The smallest absolute Gasteiger partial charge is 0.283 e. The maximum absolute atomic E-state index is 15.1. The van der Waals surface area contributed by atoms with Crippen LogP contribution in [0.2, 0.25) is 5.02 Å². The lowest BCUT2D eigenvalue weighted by atomic mass is 9.77. The van der Waals surface area contributed by atoms with Crippen LogP contribution < -0.4 is 5.73 Å². The van der Waals surface area contributed by atoms with E-state index in [4.69, 9.17) is 22.1 Å². The predicted octanol–water partition coefficient (Wildman–Crippen LogP) is 3.59. The number of carbonyl (C=O) groups is 1. The first kappa shape index (κ1) is 19.2. The third kappa shape index (κ3) is 3.64. The number of benzene rings is 1. The minimum absolute atomic E-state index is 0.00751. The van der Waals surface area contributed by atoms with Crippen molar-refractivity contribution in [1.29, 1.82) is 0 Å². The van der Waals surface area contributed by atoms with Crippen molar-refractivity contribution < 1.29 is 18.3 Å². The highest BCUT2D eigenvalue weighted by Gasteiger charge is 2.51. The molecule has 2 aromatic rings. The molecule has 142 valence electrons. The topological polar surface area (TPSA) is 77.6 Å². The zero-order valence-corrected chi connectivity index (χ0v) is 15.6. The lowest BCUT2D eigenvalue weighted by molar-refractivity contribution is 0.00398. The average molecular weight is 394 g/mol. The molecular weight excluding hydrogens is 376 g/mol. The molecule has 0 aliphatic carbocycles. The Morgan fingerprint density at radius 3 is 2.74 bits per heavy atom. The Bertz CT molecular complexity index is 916. The van der Waals surface area contributed by atoms with Gasteiger partial charge in [-0.05, 0) is 43.7 Å². The number of nitrogens with two attached hydrogens (primary N) is 1. The van der Waals surface area contributed by atoms with Crippen molar-refractivity contribution in [3.8, 4) is 0 Å². The normalized spacial score (nSPS) is 24.9. The van der Waals surface area contributed by atoms with Crippen molar-refractivity contribution in [2.75, 3.05) is 6.61 Å². The van der Waals surface area contributed by atoms with E-state index in [0.717, 1.165) is 0 Å². The summed E-state index contributed by atoms with van der Waals surface area (Å²) in [7, 11) is 0. The quantitative estimate of drug-likeness (QED) is 0.805. The Labute approximate surface area is 160 Å². The molecule has 2 heterocycles. The Morgan fingerprint density at radius 2 is 2.07 bits per heavy atom. The monoisotopic (exact) mass is 393 g/mol. The zero-order chi connectivity index (χ0) is 19.8. The summed E-state index contributed by atoms with van der Waals surface area (Å²) in [6.45, 7) is 2.38. The van der Waals surface area contributed by atoms with E-state index in [1.807, 2.05) is 0 Å². The Morgan fingerprint density at radius 1 is 1.33 bits per heavy atom. The minimum Gasteiger partial charge on any atom is -0.462 e. The van der Waals surface area contributed by atoms with Gasteiger partial charge in [-0.25, -0.2) is 13.8 Å². The number of ketones is 1. The van der Waals surface area contributed by atoms with Gasteiger partial charge < -0.3 is 10.5 Å². The summed E-state index contributed by atoms with van der Waals surface area (Å²) >= 11 is 5.77. The van der Waals surface area contributed by atoms with Gasteiger partial charge in [0, 0.05) is 18.2 Å². The van der Waals surface area contributed by atoms with Gasteiger partial charge in [-0.3, -0.25) is 9.78 Å². The standard InChI is InChI=1S/C19H18ClF2N3O2/c1-18(22)10-27-17(23)25-19(18,2)13-7-11(3-5-14(13)21)8-16(26)15-6-4-12(20)9-24-15/h3-7,9H,8,10H2,1-2H3,(H2,23,25)/t18-,19+/m0/s1. The summed E-state index contributed by atoms with van der Waals surface area (Å²) in [6.07, 6.45) is 1.34. The molecule has 5 nitrogen and oxygen atoms in total. The third-order valence-electron chi connectivity index (χ3n) is 4.77. The summed E-state index contributed by atoms with van der Waals surface area (Å²) in [5.41, 5.74) is 2.76. The van der Waals surface area contributed by atoms with Crippen LogP contribution in [0.25, 0.3) is 0 Å². The fourth-order valence-electron chi connectivity index (χ4n) is 2.93. The van der Waals surface area contributed by atoms with Gasteiger partial charge >= 0.3 is 0 Å². The number of amidine groups is 1. The molecule has 0 unspecified atom stereocenters. The predicted molar refractivity (Wildman–Crippen MR) is 98.1 cm³/mol. The molecule has 0 spiro atoms. The number of Topliss-reactive ketones (excluding diaryl/α,β-unsaturated/α-hetero) is 1. The van der Waals surface area contributed by atoms with Crippen molar-refractivity contribution in [3.63, 3.8) is 0 Å². The molecule has 1 aliphatic heterocycles. The molecule has 0 bridgehead atoms. The Balaban J connectivity index is 1.96. The van der Waals surface area contributed by atoms with Gasteiger partial charge in [-0.2, -0.15) is 0 Å². The average Bonchev–Trinajstić information content (AvgIpc) is 2.61. The molecule has 3 rings (SSSR count). The number of ether oxygens (including phenoxy) is 1. The Kier molecular flexibility index (Phi) is 4.90. The van der Waals surface area contributed by atoms with Crippen molar-refractivity contribution in [2.45, 2.75) is 31.5 Å². The highest BCUT2D eigenvalue weighted by molar-refractivity contribution is 6.30. The highest BCUT2D eigenvalue weighted by Crippen LogP contribution is 2.43. The number of pyridine rings is 1. The van der Waals surface area contributed by atoms with Crippen LogP contribution in [0, 0.1) is 5.82 Å². The lowest BCUT2D eigenvalue weighted by Gasteiger charge is -2.40. The van der Waals surface area contributed by atoms with E-state index < -0.39 is 17.0 Å². The van der Waals surface area contributed by atoms with Gasteiger partial charge in [0.25, 0.3) is 6.02 Å². The summed E-state index contributed by atoms with van der Waals surface area (Å²) in [5.74, 6) is -0.909. The number of nitrogens with zero attached hydrogens (tertiary/aromatic N) is 2. The SMILES string of the molecule is C[C@]1(F)COC(N)=N[C@]1(C)c1cc(CC(=O)c2ccc(Cl)cn2)ccc1F. The minimum atomic E-state index is -1.99. The van der Waals surface area contributed by atoms with Crippen molar-refractivity contribution in [2.24, 2.45) is 10.7 Å². The molecule has 0 amide bonds. The Hall–Kier alpha value is -2.54. The van der Waals surface area contributed by atoms with Crippen molar-refractivity contribution in [3.05, 3.63) is 64.2 Å². The van der Waals surface area contributed by atoms with Crippen LogP contribution >= 0.6 is 11.6 Å². The molecule has 1 aliphatic rings. The van der Waals surface area contributed by atoms with E-state index >= 15 is 4.39 Å². The van der Waals surface area contributed by atoms with E-state index in [1.165, 1.54) is 44.3 Å². The number of hydrogen-bond donors (Lipinski definition) is 1. The molecule has 2 N–H and O–H groups in total. The summed E-state index contributed by atoms with van der Waals surface area (Å²) in [5, 5.41) is 0.417. The molecule has 0 saturated heterocycles. The van der Waals surface area contributed by atoms with E-state index in [-0.39, 0.29) is 36.1 Å². The van der Waals surface area contributed by atoms with E-state index in [9.17, 15) is 9.18 Å². The van der Waals surface area contributed by atoms with Gasteiger partial charge in [-0.1, -0.05) is 17.7 Å². The molecule has 1 aromatic heterocycles. The van der Waals surface area contributed by atoms with Crippen LogP contribution in [0.1, 0.15) is 35.5 Å². The van der Waals surface area contributed by atoms with Crippen LogP contribution in [0.15, 0.2) is 41.5 Å². The third-order valence-corrected chi connectivity index (χ3v) is 5.00. The van der Waals surface area contributed by atoms with Crippen LogP contribution in [0.4, 0.5) is 8.78 Å². The molecule has 1 aromatic carbocycles. The van der Waals surface area contributed by atoms with Gasteiger partial charge in [-0.15, -0.1) is 0 Å². The van der Waals surface area contributed by atoms with Crippen LogP contribution in [0.5, 0.6) is 0 Å². The second-order valence-electron chi connectivity index (χ2n) is 6.78. The molecule has 27 heavy (non-hydrogen) atoms. The first-order valence-electron chi connectivity index (χ1n) is 8.23. The maximum atomic E-state index is 15.1. The fraction of sp³-hybridized carbons (Fsp3) is 0.316. The first-order chi connectivity index (χ1) is 12.6. The maximum Gasteiger partial charge on any atom is 0.283 e. The molecular formula is C19H18ClF2N3O2. The van der Waals surface area contributed by atoms with E-state index in [2.05, 4.69) is 9.98 Å². The van der Waals surface area contributed by atoms with E-state index in [0.29, 0.717) is 10.6 Å². The zero-order valence-electron chi connectivity index (χ0n) is 14.8.